The van der Waals surface area contributed by atoms with E-state index in [1.54, 1.807) is 18.5 Å². The zero-order chi connectivity index (χ0) is 15.0. The lowest BCUT2D eigenvalue weighted by molar-refractivity contribution is 0.576. The van der Waals surface area contributed by atoms with Crippen LogP contribution in [0.15, 0.2) is 36.7 Å². The molecule has 0 atom stereocenters. The predicted octanol–water partition coefficient (Wildman–Crippen LogP) is 5.22. The Morgan fingerprint density at radius 3 is 2.81 bits per heavy atom. The largest absolute Gasteiger partial charge is 0.345 e. The molecule has 1 N–H and O–H groups in total. The number of imidazole rings is 1. The van der Waals surface area contributed by atoms with E-state index in [2.05, 4.69) is 23.8 Å². The van der Waals surface area contributed by atoms with Gasteiger partial charge in [-0.05, 0) is 30.0 Å². The second kappa shape index (κ2) is 5.49. The topological polar surface area (TPSA) is 28.7 Å². The van der Waals surface area contributed by atoms with Crippen molar-refractivity contribution in [3.63, 3.8) is 0 Å². The van der Waals surface area contributed by atoms with Gasteiger partial charge in [0.15, 0.2) is 0 Å². The lowest BCUT2D eigenvalue weighted by Gasteiger charge is -2.12. The standard InChI is InChI=1S/C17H16ClFN2/c1-10(2)8-11-4-3-5-12(16(11)19)15-13(18)6-7-14-17(15)21-9-20-14/h3-7,9-10H,8H2,1-2H3,(H,20,21). The van der Waals surface area contributed by atoms with Gasteiger partial charge in [-0.15, -0.1) is 0 Å². The van der Waals surface area contributed by atoms with Gasteiger partial charge in [-0.2, -0.15) is 0 Å². The van der Waals surface area contributed by atoms with Crippen LogP contribution in [-0.4, -0.2) is 9.97 Å². The summed E-state index contributed by atoms with van der Waals surface area (Å²) in [4.78, 5) is 7.31. The van der Waals surface area contributed by atoms with Crippen LogP contribution in [0, 0.1) is 11.7 Å². The third-order valence-electron chi connectivity index (χ3n) is 3.52. The van der Waals surface area contributed by atoms with Gasteiger partial charge in [0.05, 0.1) is 22.4 Å². The van der Waals surface area contributed by atoms with Crippen molar-refractivity contribution in [2.45, 2.75) is 20.3 Å². The van der Waals surface area contributed by atoms with Crippen molar-refractivity contribution < 1.29 is 4.39 Å². The van der Waals surface area contributed by atoms with E-state index in [0.717, 1.165) is 5.52 Å². The molecular weight excluding hydrogens is 287 g/mol. The minimum Gasteiger partial charge on any atom is -0.345 e. The van der Waals surface area contributed by atoms with Gasteiger partial charge in [0.2, 0.25) is 0 Å². The van der Waals surface area contributed by atoms with Crippen molar-refractivity contribution in [1.82, 2.24) is 9.97 Å². The first-order chi connectivity index (χ1) is 10.1. The number of fused-ring (bicyclic) bond motifs is 1. The number of aromatic amines is 1. The van der Waals surface area contributed by atoms with Crippen LogP contribution in [0.25, 0.3) is 22.2 Å². The summed E-state index contributed by atoms with van der Waals surface area (Å²) in [6, 6.07) is 9.08. The summed E-state index contributed by atoms with van der Waals surface area (Å²) >= 11 is 6.30. The molecule has 0 unspecified atom stereocenters. The van der Waals surface area contributed by atoms with Crippen molar-refractivity contribution >= 4 is 22.6 Å². The number of hydrogen-bond donors (Lipinski definition) is 1. The van der Waals surface area contributed by atoms with Crippen LogP contribution in [0.4, 0.5) is 4.39 Å². The van der Waals surface area contributed by atoms with Gasteiger partial charge in [-0.1, -0.05) is 43.6 Å². The van der Waals surface area contributed by atoms with Gasteiger partial charge >= 0.3 is 0 Å². The van der Waals surface area contributed by atoms with E-state index in [4.69, 9.17) is 11.6 Å². The monoisotopic (exact) mass is 302 g/mol. The molecule has 108 valence electrons. The third kappa shape index (κ3) is 2.54. The molecule has 1 aromatic heterocycles. The van der Waals surface area contributed by atoms with Crippen LogP contribution in [0.5, 0.6) is 0 Å². The van der Waals surface area contributed by atoms with Crippen LogP contribution in [0.1, 0.15) is 19.4 Å². The molecule has 0 saturated carbocycles. The lowest BCUT2D eigenvalue weighted by Crippen LogP contribution is -1.99. The molecule has 0 amide bonds. The number of rotatable bonds is 3. The molecule has 3 rings (SSSR count). The van der Waals surface area contributed by atoms with E-state index in [-0.39, 0.29) is 5.82 Å². The number of H-pyrrole nitrogens is 1. The van der Waals surface area contributed by atoms with Crippen LogP contribution in [-0.2, 0) is 6.42 Å². The molecule has 0 bridgehead atoms. The normalized spacial score (nSPS) is 11.5. The Hall–Kier alpha value is -1.87. The molecule has 0 aliphatic heterocycles. The number of benzene rings is 2. The summed E-state index contributed by atoms with van der Waals surface area (Å²) in [6.45, 7) is 4.15. The third-order valence-corrected chi connectivity index (χ3v) is 3.83. The Balaban J connectivity index is 2.23. The van der Waals surface area contributed by atoms with Crippen molar-refractivity contribution in [1.29, 1.82) is 0 Å². The van der Waals surface area contributed by atoms with E-state index in [1.165, 1.54) is 0 Å². The molecule has 1 heterocycles. The van der Waals surface area contributed by atoms with Gasteiger partial charge in [0, 0.05) is 11.1 Å². The molecule has 0 aliphatic carbocycles. The zero-order valence-corrected chi connectivity index (χ0v) is 12.7. The highest BCUT2D eigenvalue weighted by Crippen LogP contribution is 2.36. The molecule has 2 nitrogen and oxygen atoms in total. The Morgan fingerprint density at radius 1 is 1.24 bits per heavy atom. The molecule has 0 fully saturated rings. The molecule has 0 saturated heterocycles. The molecule has 0 aliphatic rings. The van der Waals surface area contributed by atoms with E-state index in [1.807, 2.05) is 18.2 Å². The van der Waals surface area contributed by atoms with E-state index < -0.39 is 0 Å². The second-order valence-corrected chi connectivity index (χ2v) is 6.00. The Bertz CT molecular complexity index is 793. The van der Waals surface area contributed by atoms with Crippen molar-refractivity contribution in [2.24, 2.45) is 5.92 Å². The average molecular weight is 303 g/mol. The maximum absolute atomic E-state index is 14.8. The summed E-state index contributed by atoms with van der Waals surface area (Å²) in [7, 11) is 0. The summed E-state index contributed by atoms with van der Waals surface area (Å²) in [5.41, 5.74) is 3.42. The fraction of sp³-hybridized carbons (Fsp3) is 0.235. The maximum atomic E-state index is 14.8. The van der Waals surface area contributed by atoms with Crippen molar-refractivity contribution in [3.8, 4) is 11.1 Å². The Labute approximate surface area is 128 Å². The maximum Gasteiger partial charge on any atom is 0.134 e. The van der Waals surface area contributed by atoms with Gasteiger partial charge in [0.1, 0.15) is 5.82 Å². The van der Waals surface area contributed by atoms with Crippen molar-refractivity contribution in [2.75, 3.05) is 0 Å². The molecule has 0 spiro atoms. The quantitative estimate of drug-likeness (QED) is 0.706. The first kappa shape index (κ1) is 14.1. The lowest BCUT2D eigenvalue weighted by atomic mass is 9.96. The summed E-state index contributed by atoms with van der Waals surface area (Å²) in [6.07, 6.45) is 2.30. The van der Waals surface area contributed by atoms with Crippen LogP contribution < -0.4 is 0 Å². The highest BCUT2D eigenvalue weighted by molar-refractivity contribution is 6.34. The highest BCUT2D eigenvalue weighted by atomic mass is 35.5. The van der Waals surface area contributed by atoms with Crippen LogP contribution in [0.2, 0.25) is 5.02 Å². The van der Waals surface area contributed by atoms with Crippen LogP contribution in [0.3, 0.4) is 0 Å². The van der Waals surface area contributed by atoms with Gasteiger partial charge < -0.3 is 4.98 Å². The van der Waals surface area contributed by atoms with E-state index in [9.17, 15) is 4.39 Å². The zero-order valence-electron chi connectivity index (χ0n) is 12.0. The Morgan fingerprint density at radius 2 is 2.05 bits per heavy atom. The van der Waals surface area contributed by atoms with Gasteiger partial charge in [0.25, 0.3) is 0 Å². The fourth-order valence-corrected chi connectivity index (χ4v) is 2.86. The van der Waals surface area contributed by atoms with Gasteiger partial charge in [-0.3, -0.25) is 0 Å². The number of nitrogens with zero attached hydrogens (tertiary/aromatic N) is 1. The van der Waals surface area contributed by atoms with Crippen LogP contribution >= 0.6 is 11.6 Å². The molecule has 21 heavy (non-hydrogen) atoms. The van der Waals surface area contributed by atoms with E-state index in [0.29, 0.717) is 39.6 Å². The minimum absolute atomic E-state index is 0.205. The molecule has 0 radical (unpaired) electrons. The summed E-state index contributed by atoms with van der Waals surface area (Å²) < 4.78 is 14.8. The fourth-order valence-electron chi connectivity index (χ4n) is 2.61. The first-order valence-electron chi connectivity index (χ1n) is 6.97. The minimum atomic E-state index is -0.205. The molecule has 4 heteroatoms. The number of hydrogen-bond acceptors (Lipinski definition) is 1. The molecular formula is C17H16ClFN2. The van der Waals surface area contributed by atoms with E-state index >= 15 is 0 Å². The smallest absolute Gasteiger partial charge is 0.134 e. The second-order valence-electron chi connectivity index (χ2n) is 5.60. The number of halogens is 2. The predicted molar refractivity (Wildman–Crippen MR) is 85.0 cm³/mol. The van der Waals surface area contributed by atoms with Crippen molar-refractivity contribution in [3.05, 3.63) is 53.1 Å². The highest BCUT2D eigenvalue weighted by Gasteiger charge is 2.17. The first-order valence-corrected chi connectivity index (χ1v) is 7.35. The Kier molecular flexibility index (Phi) is 3.68. The molecule has 2 aromatic carbocycles. The molecule has 3 aromatic rings. The average Bonchev–Trinajstić information content (AvgIpc) is 2.90. The number of aromatic nitrogens is 2. The number of nitrogens with one attached hydrogen (secondary N) is 1. The summed E-state index contributed by atoms with van der Waals surface area (Å²) in [5, 5.41) is 0.509. The SMILES string of the molecule is CC(C)Cc1cccc(-c2c(Cl)ccc3[nH]cnc23)c1F. The summed E-state index contributed by atoms with van der Waals surface area (Å²) in [5.74, 6) is 0.190. The van der Waals surface area contributed by atoms with Gasteiger partial charge in [-0.25, -0.2) is 9.37 Å².